The summed E-state index contributed by atoms with van der Waals surface area (Å²) in [6.07, 6.45) is 4.36. The lowest BCUT2D eigenvalue weighted by molar-refractivity contribution is -0.688. The maximum Gasteiger partial charge on any atom is 0.173 e. The van der Waals surface area contributed by atoms with Gasteiger partial charge in [0.1, 0.15) is 0 Å². The van der Waals surface area contributed by atoms with Crippen LogP contribution in [0.15, 0.2) is 79.1 Å². The first kappa shape index (κ1) is 15.6. The van der Waals surface area contributed by atoms with E-state index in [1.165, 1.54) is 0 Å². The van der Waals surface area contributed by atoms with Crippen LogP contribution in [-0.2, 0) is 13.0 Å². The third-order valence-electron chi connectivity index (χ3n) is 3.87. The SMILES string of the molecule is N#Cc1ccc(C[n+]2ccc(CC(=O)c3ccccc3)cc2)cc1. The molecule has 0 amide bonds. The average Bonchev–Trinajstić information content (AvgIpc) is 2.65. The largest absolute Gasteiger partial charge is 0.294 e. The number of nitrogens with zero attached hydrogens (tertiary/aromatic N) is 2. The molecule has 0 bridgehead atoms. The van der Waals surface area contributed by atoms with E-state index in [1.807, 2.05) is 79.1 Å². The quantitative estimate of drug-likeness (QED) is 0.536. The van der Waals surface area contributed by atoms with Crippen molar-refractivity contribution in [3.05, 3.63) is 101 Å². The predicted octanol–water partition coefficient (Wildman–Crippen LogP) is 3.32. The highest BCUT2D eigenvalue weighted by Gasteiger charge is 2.08. The molecule has 0 fully saturated rings. The Morgan fingerprint density at radius 3 is 2.17 bits per heavy atom. The molecule has 3 rings (SSSR count). The molecule has 3 aromatic rings. The van der Waals surface area contributed by atoms with Crippen molar-refractivity contribution in [1.82, 2.24) is 0 Å². The third kappa shape index (κ3) is 3.93. The predicted molar refractivity (Wildman–Crippen MR) is 91.4 cm³/mol. The number of aromatic nitrogens is 1. The summed E-state index contributed by atoms with van der Waals surface area (Å²) >= 11 is 0. The van der Waals surface area contributed by atoms with Crippen LogP contribution in [0.2, 0.25) is 0 Å². The molecular weight excluding hydrogens is 296 g/mol. The van der Waals surface area contributed by atoms with E-state index >= 15 is 0 Å². The third-order valence-corrected chi connectivity index (χ3v) is 3.87. The van der Waals surface area contributed by atoms with E-state index in [0.717, 1.165) is 23.2 Å². The van der Waals surface area contributed by atoms with Gasteiger partial charge in [0.05, 0.1) is 11.6 Å². The molecule has 0 aliphatic carbocycles. The highest BCUT2D eigenvalue weighted by atomic mass is 16.1. The minimum absolute atomic E-state index is 0.125. The molecule has 0 spiro atoms. The Morgan fingerprint density at radius 2 is 1.54 bits per heavy atom. The molecule has 116 valence electrons. The lowest BCUT2D eigenvalue weighted by atomic mass is 10.0. The molecule has 24 heavy (non-hydrogen) atoms. The smallest absolute Gasteiger partial charge is 0.173 e. The van der Waals surface area contributed by atoms with E-state index in [-0.39, 0.29) is 5.78 Å². The van der Waals surface area contributed by atoms with Crippen molar-refractivity contribution in [2.24, 2.45) is 0 Å². The molecular formula is C21H17N2O+. The van der Waals surface area contributed by atoms with Gasteiger partial charge in [-0.3, -0.25) is 4.79 Å². The van der Waals surface area contributed by atoms with E-state index in [2.05, 4.69) is 10.6 Å². The van der Waals surface area contributed by atoms with E-state index in [0.29, 0.717) is 12.0 Å². The summed E-state index contributed by atoms with van der Waals surface area (Å²) < 4.78 is 2.05. The molecule has 2 aromatic carbocycles. The number of carbonyl (C=O) groups is 1. The highest BCUT2D eigenvalue weighted by Crippen LogP contribution is 2.07. The van der Waals surface area contributed by atoms with Crippen molar-refractivity contribution >= 4 is 5.78 Å². The van der Waals surface area contributed by atoms with Crippen LogP contribution in [0.3, 0.4) is 0 Å². The van der Waals surface area contributed by atoms with Gasteiger partial charge in [0.15, 0.2) is 24.7 Å². The first-order chi connectivity index (χ1) is 11.7. The van der Waals surface area contributed by atoms with Crippen molar-refractivity contribution in [1.29, 1.82) is 5.26 Å². The Labute approximate surface area is 141 Å². The van der Waals surface area contributed by atoms with Gasteiger partial charge < -0.3 is 0 Å². The van der Waals surface area contributed by atoms with E-state index in [1.54, 1.807) is 0 Å². The van der Waals surface area contributed by atoms with Crippen molar-refractivity contribution in [2.75, 3.05) is 0 Å². The van der Waals surface area contributed by atoms with Crippen LogP contribution in [0.1, 0.15) is 27.0 Å². The van der Waals surface area contributed by atoms with Gasteiger partial charge in [-0.25, -0.2) is 4.57 Å². The normalized spacial score (nSPS) is 10.1. The number of ketones is 1. The lowest BCUT2D eigenvalue weighted by Crippen LogP contribution is -2.33. The molecule has 0 aliphatic heterocycles. The first-order valence-electron chi connectivity index (χ1n) is 7.80. The summed E-state index contributed by atoms with van der Waals surface area (Å²) in [5.41, 5.74) is 3.54. The standard InChI is InChI=1S/C21H17N2O/c22-15-18-6-8-19(9-7-18)16-23-12-10-17(11-13-23)14-21(24)20-4-2-1-3-5-20/h1-13H,14,16H2/q+1. The summed E-state index contributed by atoms with van der Waals surface area (Å²) in [6.45, 7) is 0.735. The number of carbonyl (C=O) groups excluding carboxylic acids is 1. The number of nitriles is 1. The van der Waals surface area contributed by atoms with Gasteiger partial charge in [-0.05, 0) is 17.7 Å². The molecule has 1 aromatic heterocycles. The van der Waals surface area contributed by atoms with E-state index in [9.17, 15) is 4.79 Å². The zero-order valence-electron chi connectivity index (χ0n) is 13.2. The van der Waals surface area contributed by atoms with Gasteiger partial charge in [0, 0.05) is 29.7 Å². The second kappa shape index (κ2) is 7.34. The summed E-state index contributed by atoms with van der Waals surface area (Å²) in [6, 6.07) is 23.0. The second-order valence-electron chi connectivity index (χ2n) is 5.65. The Hall–Kier alpha value is -3.25. The summed E-state index contributed by atoms with van der Waals surface area (Å²) in [7, 11) is 0. The molecule has 3 heteroatoms. The summed E-state index contributed by atoms with van der Waals surface area (Å²) in [5.74, 6) is 0.125. The number of Topliss-reactive ketones (excluding diaryl/α,β-unsaturated/α-hetero) is 1. The minimum atomic E-state index is 0.125. The zero-order chi connectivity index (χ0) is 16.8. The van der Waals surface area contributed by atoms with Crippen LogP contribution >= 0.6 is 0 Å². The molecule has 0 unspecified atom stereocenters. The zero-order valence-corrected chi connectivity index (χ0v) is 13.2. The fraction of sp³-hybridized carbons (Fsp3) is 0.0952. The van der Waals surface area contributed by atoms with E-state index in [4.69, 9.17) is 5.26 Å². The Balaban J connectivity index is 1.65. The van der Waals surface area contributed by atoms with Crippen LogP contribution in [-0.4, -0.2) is 5.78 Å². The highest BCUT2D eigenvalue weighted by molar-refractivity contribution is 5.97. The van der Waals surface area contributed by atoms with Gasteiger partial charge in [-0.15, -0.1) is 0 Å². The van der Waals surface area contributed by atoms with Gasteiger partial charge in [0.2, 0.25) is 0 Å². The first-order valence-corrected chi connectivity index (χ1v) is 7.80. The Kier molecular flexibility index (Phi) is 4.78. The Bertz CT molecular complexity index is 860. The van der Waals surface area contributed by atoms with Crippen molar-refractivity contribution in [2.45, 2.75) is 13.0 Å². The molecule has 0 saturated heterocycles. The van der Waals surface area contributed by atoms with Crippen LogP contribution in [0.4, 0.5) is 0 Å². The van der Waals surface area contributed by atoms with Crippen LogP contribution in [0, 0.1) is 11.3 Å². The Morgan fingerprint density at radius 1 is 0.875 bits per heavy atom. The topological polar surface area (TPSA) is 44.7 Å². The molecule has 0 radical (unpaired) electrons. The maximum atomic E-state index is 12.2. The summed E-state index contributed by atoms with van der Waals surface area (Å²) in [5, 5.41) is 8.82. The average molecular weight is 313 g/mol. The molecule has 3 nitrogen and oxygen atoms in total. The van der Waals surface area contributed by atoms with Crippen molar-refractivity contribution < 1.29 is 9.36 Å². The van der Waals surface area contributed by atoms with Crippen LogP contribution in [0.25, 0.3) is 0 Å². The monoisotopic (exact) mass is 313 g/mol. The number of hydrogen-bond donors (Lipinski definition) is 0. The molecule has 0 saturated carbocycles. The lowest BCUT2D eigenvalue weighted by Gasteiger charge is -2.02. The van der Waals surface area contributed by atoms with Crippen LogP contribution < -0.4 is 4.57 Å². The van der Waals surface area contributed by atoms with Gasteiger partial charge in [-0.2, -0.15) is 5.26 Å². The van der Waals surface area contributed by atoms with Gasteiger partial charge in [0.25, 0.3) is 0 Å². The van der Waals surface area contributed by atoms with E-state index < -0.39 is 0 Å². The molecule has 0 aliphatic rings. The van der Waals surface area contributed by atoms with Crippen LogP contribution in [0.5, 0.6) is 0 Å². The molecule has 0 atom stereocenters. The molecule has 0 N–H and O–H groups in total. The van der Waals surface area contributed by atoms with Crippen molar-refractivity contribution in [3.8, 4) is 6.07 Å². The fourth-order valence-electron chi connectivity index (χ4n) is 2.52. The molecule has 1 heterocycles. The number of rotatable bonds is 5. The minimum Gasteiger partial charge on any atom is -0.294 e. The van der Waals surface area contributed by atoms with Crippen molar-refractivity contribution in [3.63, 3.8) is 0 Å². The number of pyridine rings is 1. The second-order valence-corrected chi connectivity index (χ2v) is 5.65. The fourth-order valence-corrected chi connectivity index (χ4v) is 2.52. The number of benzene rings is 2. The van der Waals surface area contributed by atoms with Gasteiger partial charge >= 0.3 is 0 Å². The number of hydrogen-bond acceptors (Lipinski definition) is 2. The maximum absolute atomic E-state index is 12.2. The van der Waals surface area contributed by atoms with Gasteiger partial charge in [-0.1, -0.05) is 42.5 Å². The summed E-state index contributed by atoms with van der Waals surface area (Å²) in [4.78, 5) is 12.2.